The number of carbonyl (C=O) groups is 3. The fraction of sp³-hybridized carbons (Fsp3) is 0.167. The van der Waals surface area contributed by atoms with Crippen LogP contribution < -0.4 is 19.7 Å². The van der Waals surface area contributed by atoms with Gasteiger partial charge in [0.15, 0.2) is 6.61 Å². The number of benzene rings is 3. The van der Waals surface area contributed by atoms with Crippen LogP contribution >= 0.6 is 0 Å². The number of anilines is 2. The summed E-state index contributed by atoms with van der Waals surface area (Å²) in [7, 11) is 2.84. The Bertz CT molecular complexity index is 1400. The van der Waals surface area contributed by atoms with Gasteiger partial charge in [-0.3, -0.25) is 14.5 Å². The van der Waals surface area contributed by atoms with Crippen molar-refractivity contribution >= 4 is 35.2 Å². The van der Waals surface area contributed by atoms with Crippen LogP contribution in [0.4, 0.5) is 11.4 Å². The van der Waals surface area contributed by atoms with Crippen molar-refractivity contribution in [2.24, 2.45) is 0 Å². The fourth-order valence-corrected chi connectivity index (χ4v) is 4.03. The molecule has 194 valence electrons. The number of esters is 1. The molecule has 1 N–H and O–H groups in total. The topological polar surface area (TPSA) is 94.2 Å². The molecule has 0 fully saturated rings. The Balaban J connectivity index is 1.49. The molecule has 1 aliphatic rings. The molecular weight excluding hydrogens is 484 g/mol. The Labute approximate surface area is 221 Å². The standard InChI is InChI=1S/C30H28N2O6/c1-19-5-9-22(10-6-19)31-27(33)18-38-25-13-7-21(8-14-25)17-26-28(30(35)37-4)20(2)32(29(26)34)23-11-15-24(36-3)16-12-23/h5-17H,18H2,1-4H3,(H,31,33)/b26-17-. The molecule has 0 saturated heterocycles. The van der Waals surface area contributed by atoms with E-state index >= 15 is 0 Å². The quantitative estimate of drug-likeness (QED) is 0.341. The highest BCUT2D eigenvalue weighted by molar-refractivity contribution is 6.23. The van der Waals surface area contributed by atoms with Crippen LogP contribution in [0, 0.1) is 6.92 Å². The molecule has 0 atom stereocenters. The summed E-state index contributed by atoms with van der Waals surface area (Å²) in [6.07, 6.45) is 1.63. The minimum atomic E-state index is -0.599. The van der Waals surface area contributed by atoms with Gasteiger partial charge in [-0.1, -0.05) is 29.8 Å². The van der Waals surface area contributed by atoms with Crippen molar-refractivity contribution in [3.05, 3.63) is 101 Å². The maximum Gasteiger partial charge on any atom is 0.340 e. The normalized spacial score (nSPS) is 14.1. The van der Waals surface area contributed by atoms with Gasteiger partial charge in [0.25, 0.3) is 11.8 Å². The molecule has 0 bridgehead atoms. The van der Waals surface area contributed by atoms with Crippen molar-refractivity contribution in [1.29, 1.82) is 0 Å². The fourth-order valence-electron chi connectivity index (χ4n) is 4.03. The molecule has 0 aliphatic carbocycles. The van der Waals surface area contributed by atoms with E-state index in [9.17, 15) is 14.4 Å². The number of allylic oxidation sites excluding steroid dienone is 1. The molecular formula is C30H28N2O6. The summed E-state index contributed by atoms with van der Waals surface area (Å²) in [6, 6.07) is 21.4. The van der Waals surface area contributed by atoms with Crippen molar-refractivity contribution in [3.8, 4) is 11.5 Å². The van der Waals surface area contributed by atoms with Crippen molar-refractivity contribution in [1.82, 2.24) is 0 Å². The minimum absolute atomic E-state index is 0.155. The second kappa shape index (κ2) is 11.5. The molecule has 1 aliphatic heterocycles. The first-order valence-electron chi connectivity index (χ1n) is 11.9. The number of nitrogens with one attached hydrogen (secondary N) is 1. The zero-order valence-electron chi connectivity index (χ0n) is 21.6. The summed E-state index contributed by atoms with van der Waals surface area (Å²) in [5.41, 5.74) is 3.96. The molecule has 38 heavy (non-hydrogen) atoms. The number of hydrogen-bond donors (Lipinski definition) is 1. The molecule has 0 spiro atoms. The maximum atomic E-state index is 13.4. The lowest BCUT2D eigenvalue weighted by atomic mass is 10.0. The summed E-state index contributed by atoms with van der Waals surface area (Å²) in [5, 5.41) is 2.78. The predicted molar refractivity (Wildman–Crippen MR) is 145 cm³/mol. The van der Waals surface area contributed by atoms with Crippen LogP contribution in [-0.4, -0.2) is 38.6 Å². The number of methoxy groups -OCH3 is 2. The average molecular weight is 513 g/mol. The van der Waals surface area contributed by atoms with Gasteiger partial charge in [-0.2, -0.15) is 0 Å². The van der Waals surface area contributed by atoms with Crippen LogP contribution in [0.15, 0.2) is 89.6 Å². The monoisotopic (exact) mass is 512 g/mol. The molecule has 4 rings (SSSR count). The number of ether oxygens (including phenoxy) is 3. The van der Waals surface area contributed by atoms with Gasteiger partial charge >= 0.3 is 5.97 Å². The molecule has 3 aromatic carbocycles. The van der Waals surface area contributed by atoms with Crippen molar-refractivity contribution in [2.75, 3.05) is 31.0 Å². The summed E-state index contributed by atoms with van der Waals surface area (Å²) in [6.45, 7) is 3.52. The third kappa shape index (κ3) is 5.75. The van der Waals surface area contributed by atoms with Crippen LogP contribution in [0.1, 0.15) is 18.1 Å². The highest BCUT2D eigenvalue weighted by atomic mass is 16.5. The van der Waals surface area contributed by atoms with E-state index in [-0.39, 0.29) is 29.6 Å². The number of aryl methyl sites for hydroxylation is 1. The number of amides is 2. The van der Waals surface area contributed by atoms with Crippen molar-refractivity contribution in [3.63, 3.8) is 0 Å². The van der Waals surface area contributed by atoms with Crippen molar-refractivity contribution < 1.29 is 28.6 Å². The SMILES string of the molecule is COC(=O)C1=C(C)N(c2ccc(OC)cc2)C(=O)/C1=C\c1ccc(OCC(=O)Nc2ccc(C)cc2)cc1. The van der Waals surface area contributed by atoms with E-state index in [2.05, 4.69) is 5.32 Å². The Hall–Kier alpha value is -4.85. The molecule has 0 unspecified atom stereocenters. The number of rotatable bonds is 8. The summed E-state index contributed by atoms with van der Waals surface area (Å²) in [4.78, 5) is 39.7. The van der Waals surface area contributed by atoms with Gasteiger partial charge in [-0.05, 0) is 74.0 Å². The molecule has 3 aromatic rings. The van der Waals surface area contributed by atoms with Crippen LogP contribution in [0.5, 0.6) is 11.5 Å². The van der Waals surface area contributed by atoms with E-state index in [1.54, 1.807) is 68.6 Å². The Morgan fingerprint density at radius 1 is 0.868 bits per heavy atom. The van der Waals surface area contributed by atoms with Crippen LogP contribution in [0.2, 0.25) is 0 Å². The van der Waals surface area contributed by atoms with Crippen LogP contribution in [-0.2, 0) is 19.1 Å². The molecule has 0 aromatic heterocycles. The third-order valence-electron chi connectivity index (χ3n) is 6.02. The van der Waals surface area contributed by atoms with Gasteiger partial charge in [-0.25, -0.2) is 4.79 Å². The van der Waals surface area contributed by atoms with Crippen LogP contribution in [0.3, 0.4) is 0 Å². The maximum absolute atomic E-state index is 13.4. The number of nitrogens with zero attached hydrogens (tertiary/aromatic N) is 1. The third-order valence-corrected chi connectivity index (χ3v) is 6.02. The van der Waals surface area contributed by atoms with E-state index in [1.807, 2.05) is 31.2 Å². The number of carbonyl (C=O) groups excluding carboxylic acids is 3. The number of hydrogen-bond acceptors (Lipinski definition) is 6. The first-order chi connectivity index (χ1) is 18.3. The van der Waals surface area contributed by atoms with E-state index in [1.165, 1.54) is 12.0 Å². The highest BCUT2D eigenvalue weighted by Crippen LogP contribution is 2.36. The molecule has 8 nitrogen and oxygen atoms in total. The summed E-state index contributed by atoms with van der Waals surface area (Å²) in [5.74, 6) is -0.0815. The first-order valence-corrected chi connectivity index (χ1v) is 11.9. The van der Waals surface area contributed by atoms with Gasteiger partial charge < -0.3 is 19.5 Å². The summed E-state index contributed by atoms with van der Waals surface area (Å²) >= 11 is 0. The lowest BCUT2D eigenvalue weighted by Gasteiger charge is -2.18. The zero-order chi connectivity index (χ0) is 27.2. The smallest absolute Gasteiger partial charge is 0.340 e. The molecule has 1 heterocycles. The lowest BCUT2D eigenvalue weighted by Crippen LogP contribution is -2.24. The Morgan fingerprint density at radius 2 is 1.50 bits per heavy atom. The van der Waals surface area contributed by atoms with E-state index in [4.69, 9.17) is 14.2 Å². The average Bonchev–Trinajstić information content (AvgIpc) is 3.17. The molecule has 2 amide bonds. The van der Waals surface area contributed by atoms with E-state index < -0.39 is 5.97 Å². The second-order valence-corrected chi connectivity index (χ2v) is 8.62. The van der Waals surface area contributed by atoms with Gasteiger partial charge in [0.2, 0.25) is 0 Å². The van der Waals surface area contributed by atoms with Crippen LogP contribution in [0.25, 0.3) is 6.08 Å². The van der Waals surface area contributed by atoms with E-state index in [0.29, 0.717) is 34.1 Å². The van der Waals surface area contributed by atoms with Crippen molar-refractivity contribution in [2.45, 2.75) is 13.8 Å². The molecule has 0 saturated carbocycles. The van der Waals surface area contributed by atoms with Gasteiger partial charge in [0, 0.05) is 17.1 Å². The highest BCUT2D eigenvalue weighted by Gasteiger charge is 2.37. The minimum Gasteiger partial charge on any atom is -0.497 e. The predicted octanol–water partition coefficient (Wildman–Crippen LogP) is 4.90. The van der Waals surface area contributed by atoms with Gasteiger partial charge in [0.1, 0.15) is 11.5 Å². The molecule has 8 heteroatoms. The van der Waals surface area contributed by atoms with Gasteiger partial charge in [0.05, 0.1) is 25.4 Å². The Kier molecular flexibility index (Phi) is 7.91. The second-order valence-electron chi connectivity index (χ2n) is 8.62. The largest absolute Gasteiger partial charge is 0.497 e. The summed E-state index contributed by atoms with van der Waals surface area (Å²) < 4.78 is 15.8. The lowest BCUT2D eigenvalue weighted by molar-refractivity contribution is -0.136. The van der Waals surface area contributed by atoms with Gasteiger partial charge in [-0.15, -0.1) is 0 Å². The molecule has 0 radical (unpaired) electrons. The first kappa shape index (κ1) is 26.2. The Morgan fingerprint density at radius 3 is 2.11 bits per heavy atom. The zero-order valence-corrected chi connectivity index (χ0v) is 21.6. The van der Waals surface area contributed by atoms with E-state index in [0.717, 1.165) is 5.56 Å².